The van der Waals surface area contributed by atoms with Gasteiger partial charge in [0.25, 0.3) is 0 Å². The third-order valence-corrected chi connectivity index (χ3v) is 4.67. The summed E-state index contributed by atoms with van der Waals surface area (Å²) in [5.41, 5.74) is 5.05. The fourth-order valence-corrected chi connectivity index (χ4v) is 3.35. The molecular formula is C18H21N3OS. The van der Waals surface area contributed by atoms with Gasteiger partial charge in [0.2, 0.25) is 5.91 Å². The molecule has 0 aliphatic carbocycles. The van der Waals surface area contributed by atoms with E-state index in [1.165, 1.54) is 35.4 Å². The fourth-order valence-electron chi connectivity index (χ4n) is 2.83. The van der Waals surface area contributed by atoms with E-state index in [2.05, 4.69) is 28.1 Å². The van der Waals surface area contributed by atoms with Crippen LogP contribution in [0.3, 0.4) is 0 Å². The van der Waals surface area contributed by atoms with E-state index >= 15 is 0 Å². The summed E-state index contributed by atoms with van der Waals surface area (Å²) in [7, 11) is 1.84. The van der Waals surface area contributed by atoms with Crippen LogP contribution in [0.4, 0.5) is 5.69 Å². The van der Waals surface area contributed by atoms with Crippen molar-refractivity contribution in [2.45, 2.75) is 19.4 Å². The molecule has 0 saturated carbocycles. The number of hydrogen-bond acceptors (Lipinski definition) is 4. The van der Waals surface area contributed by atoms with Crippen LogP contribution in [0.1, 0.15) is 24.1 Å². The van der Waals surface area contributed by atoms with E-state index in [0.29, 0.717) is 6.54 Å². The lowest BCUT2D eigenvalue weighted by atomic mass is 10.1. The topological polar surface area (TPSA) is 36.4 Å². The Kier molecular flexibility index (Phi) is 5.08. The number of nitrogens with zero attached hydrogens (tertiary/aromatic N) is 3. The maximum absolute atomic E-state index is 12.3. The summed E-state index contributed by atoms with van der Waals surface area (Å²) in [5.74, 6) is -0.00535. The SMILES string of the molecule is CN(Cc1ccccc1N1CCCC1)C(=O)/C=C\c1cscn1. The first-order chi connectivity index (χ1) is 11.2. The van der Waals surface area contributed by atoms with E-state index in [-0.39, 0.29) is 5.91 Å². The summed E-state index contributed by atoms with van der Waals surface area (Å²) in [6.45, 7) is 2.84. The number of likely N-dealkylation sites (N-methyl/N-ethyl adjacent to an activating group) is 1. The molecule has 2 heterocycles. The predicted octanol–water partition coefficient (Wildman–Crippen LogP) is 3.42. The molecule has 1 aliphatic heterocycles. The zero-order chi connectivity index (χ0) is 16.1. The van der Waals surface area contributed by atoms with Gasteiger partial charge in [-0.1, -0.05) is 18.2 Å². The maximum Gasteiger partial charge on any atom is 0.246 e. The number of rotatable bonds is 5. The average molecular weight is 327 g/mol. The van der Waals surface area contributed by atoms with Gasteiger partial charge in [-0.25, -0.2) is 4.98 Å². The van der Waals surface area contributed by atoms with Crippen LogP contribution < -0.4 is 4.90 Å². The number of carbonyl (C=O) groups excluding carboxylic acids is 1. The van der Waals surface area contributed by atoms with Crippen molar-refractivity contribution in [1.29, 1.82) is 0 Å². The van der Waals surface area contributed by atoms with Crippen molar-refractivity contribution >= 4 is 29.0 Å². The highest BCUT2D eigenvalue weighted by Crippen LogP contribution is 2.25. The molecule has 23 heavy (non-hydrogen) atoms. The Labute approximate surface area is 141 Å². The number of anilines is 1. The van der Waals surface area contributed by atoms with Gasteiger partial charge in [-0.2, -0.15) is 0 Å². The molecule has 0 spiro atoms. The summed E-state index contributed by atoms with van der Waals surface area (Å²) in [6.07, 6.45) is 5.86. The van der Waals surface area contributed by atoms with Crippen molar-refractivity contribution in [1.82, 2.24) is 9.88 Å². The molecule has 4 nitrogen and oxygen atoms in total. The Hall–Kier alpha value is -2.14. The lowest BCUT2D eigenvalue weighted by molar-refractivity contribution is -0.125. The summed E-state index contributed by atoms with van der Waals surface area (Å²) in [4.78, 5) is 20.6. The van der Waals surface area contributed by atoms with Crippen LogP contribution in [0.5, 0.6) is 0 Å². The van der Waals surface area contributed by atoms with Crippen molar-refractivity contribution in [3.63, 3.8) is 0 Å². The van der Waals surface area contributed by atoms with Crippen LogP contribution in [0.25, 0.3) is 6.08 Å². The normalized spacial score (nSPS) is 14.6. The lowest BCUT2D eigenvalue weighted by Gasteiger charge is -2.24. The molecule has 1 aliphatic rings. The lowest BCUT2D eigenvalue weighted by Crippen LogP contribution is -2.26. The molecule has 1 fully saturated rings. The van der Waals surface area contributed by atoms with Gasteiger partial charge in [0.1, 0.15) is 0 Å². The van der Waals surface area contributed by atoms with Crippen LogP contribution >= 0.6 is 11.3 Å². The number of carbonyl (C=O) groups is 1. The molecule has 1 aromatic carbocycles. The van der Waals surface area contributed by atoms with E-state index in [9.17, 15) is 4.79 Å². The number of amides is 1. The molecule has 2 aromatic rings. The molecule has 1 saturated heterocycles. The van der Waals surface area contributed by atoms with Crippen LogP contribution in [0, 0.1) is 0 Å². The van der Waals surface area contributed by atoms with Crippen LogP contribution in [0.15, 0.2) is 41.2 Å². The van der Waals surface area contributed by atoms with E-state index in [1.807, 2.05) is 18.5 Å². The predicted molar refractivity (Wildman–Crippen MR) is 95.5 cm³/mol. The van der Waals surface area contributed by atoms with Crippen LogP contribution in [-0.2, 0) is 11.3 Å². The highest BCUT2D eigenvalue weighted by Gasteiger charge is 2.16. The van der Waals surface area contributed by atoms with Gasteiger partial charge in [0.05, 0.1) is 11.2 Å². The van der Waals surface area contributed by atoms with Crippen molar-refractivity contribution < 1.29 is 4.79 Å². The number of benzene rings is 1. The van der Waals surface area contributed by atoms with E-state index in [0.717, 1.165) is 18.8 Å². The van der Waals surface area contributed by atoms with Crippen molar-refractivity contribution in [2.24, 2.45) is 0 Å². The highest BCUT2D eigenvalue weighted by atomic mass is 32.1. The molecule has 0 bridgehead atoms. The average Bonchev–Trinajstić information content (AvgIpc) is 3.26. The van der Waals surface area contributed by atoms with Crippen molar-refractivity contribution in [2.75, 3.05) is 25.0 Å². The van der Waals surface area contributed by atoms with Gasteiger partial charge < -0.3 is 9.80 Å². The number of thiazole rings is 1. The number of aromatic nitrogens is 1. The fraction of sp³-hybridized carbons (Fsp3) is 0.333. The second-order valence-electron chi connectivity index (χ2n) is 5.76. The standard InChI is InChI=1S/C18H21N3OS/c1-20(18(22)9-8-16-13-23-14-19-16)12-15-6-2-3-7-17(15)21-10-4-5-11-21/h2-3,6-9,13-14H,4-5,10-12H2,1H3/b9-8-. The maximum atomic E-state index is 12.3. The van der Waals surface area contributed by atoms with E-state index in [1.54, 1.807) is 22.6 Å². The molecule has 120 valence electrons. The molecule has 3 rings (SSSR count). The molecule has 0 atom stereocenters. The van der Waals surface area contributed by atoms with Gasteiger partial charge >= 0.3 is 0 Å². The molecule has 1 aromatic heterocycles. The Morgan fingerprint density at radius 2 is 2.13 bits per heavy atom. The molecule has 0 radical (unpaired) electrons. The molecule has 5 heteroatoms. The molecular weight excluding hydrogens is 306 g/mol. The molecule has 0 unspecified atom stereocenters. The Balaban J connectivity index is 1.67. The van der Waals surface area contributed by atoms with Gasteiger partial charge in [-0.15, -0.1) is 11.3 Å². The molecule has 0 N–H and O–H groups in total. The largest absolute Gasteiger partial charge is 0.371 e. The van der Waals surface area contributed by atoms with E-state index in [4.69, 9.17) is 0 Å². The van der Waals surface area contributed by atoms with Crippen LogP contribution in [0.2, 0.25) is 0 Å². The second kappa shape index (κ2) is 7.42. The minimum atomic E-state index is -0.00535. The van der Waals surface area contributed by atoms with E-state index < -0.39 is 0 Å². The number of hydrogen-bond donors (Lipinski definition) is 0. The summed E-state index contributed by atoms with van der Waals surface area (Å²) >= 11 is 1.53. The number of para-hydroxylation sites is 1. The zero-order valence-corrected chi connectivity index (χ0v) is 14.1. The van der Waals surface area contributed by atoms with Crippen LogP contribution in [-0.4, -0.2) is 35.9 Å². The van der Waals surface area contributed by atoms with Gasteiger partial charge in [-0.3, -0.25) is 4.79 Å². The first-order valence-electron chi connectivity index (χ1n) is 7.88. The van der Waals surface area contributed by atoms with Gasteiger partial charge in [0.15, 0.2) is 0 Å². The third-order valence-electron chi connectivity index (χ3n) is 4.07. The monoisotopic (exact) mass is 327 g/mol. The Morgan fingerprint density at radius 3 is 2.87 bits per heavy atom. The summed E-state index contributed by atoms with van der Waals surface area (Å²) in [5, 5.41) is 1.92. The summed E-state index contributed by atoms with van der Waals surface area (Å²) < 4.78 is 0. The Bertz CT molecular complexity index is 675. The summed E-state index contributed by atoms with van der Waals surface area (Å²) in [6, 6.07) is 8.38. The van der Waals surface area contributed by atoms with Crippen molar-refractivity contribution in [3.05, 3.63) is 52.5 Å². The first kappa shape index (κ1) is 15.7. The van der Waals surface area contributed by atoms with Gasteiger partial charge in [0, 0.05) is 43.8 Å². The minimum absolute atomic E-state index is 0.00535. The minimum Gasteiger partial charge on any atom is -0.371 e. The smallest absolute Gasteiger partial charge is 0.246 e. The van der Waals surface area contributed by atoms with Crippen molar-refractivity contribution in [3.8, 4) is 0 Å². The first-order valence-corrected chi connectivity index (χ1v) is 8.82. The third kappa shape index (κ3) is 3.99. The quantitative estimate of drug-likeness (QED) is 0.790. The Morgan fingerprint density at radius 1 is 1.35 bits per heavy atom. The zero-order valence-electron chi connectivity index (χ0n) is 13.3. The second-order valence-corrected chi connectivity index (χ2v) is 6.48. The molecule has 1 amide bonds. The highest BCUT2D eigenvalue weighted by molar-refractivity contribution is 7.07. The van der Waals surface area contributed by atoms with Gasteiger partial charge in [-0.05, 0) is 30.5 Å².